The molecule has 0 aliphatic carbocycles. The fourth-order valence-electron chi connectivity index (χ4n) is 4.22. The van der Waals surface area contributed by atoms with Crippen molar-refractivity contribution in [1.29, 1.82) is 0 Å². The van der Waals surface area contributed by atoms with E-state index in [1.807, 2.05) is 32.0 Å². The zero-order chi connectivity index (χ0) is 26.9. The lowest BCUT2D eigenvalue weighted by atomic mass is 10.0. The van der Waals surface area contributed by atoms with E-state index in [0.29, 0.717) is 35.8 Å². The average Bonchev–Trinajstić information content (AvgIpc) is 2.88. The molecular weight excluding hydrogens is 476 g/mol. The molecule has 1 heterocycles. The van der Waals surface area contributed by atoms with Crippen LogP contribution in [0.4, 0.5) is 16.2 Å². The van der Waals surface area contributed by atoms with Crippen LogP contribution in [0.3, 0.4) is 0 Å². The van der Waals surface area contributed by atoms with Crippen molar-refractivity contribution in [3.63, 3.8) is 0 Å². The standard InChI is InChI=1S/C27H36N4O6/c1-18-14-31(25(32)17-35-4)19(2)16-37-23-12-11-21(29-27(34)28-20-9-7-6-8-10-20)13-22(23)26(33)30(3)15-24(18)36-5/h6-13,18-19,24H,14-17H2,1-5H3,(H2,28,29,34)/t18-,19+,24+/m1/s1. The highest BCUT2D eigenvalue weighted by Crippen LogP contribution is 2.26. The number of anilines is 2. The van der Waals surface area contributed by atoms with Crippen LogP contribution in [0.1, 0.15) is 24.2 Å². The third-order valence-corrected chi connectivity index (χ3v) is 6.32. The van der Waals surface area contributed by atoms with Crippen molar-refractivity contribution in [3.05, 3.63) is 54.1 Å². The molecule has 2 N–H and O–H groups in total. The Morgan fingerprint density at radius 1 is 1.03 bits per heavy atom. The Morgan fingerprint density at radius 3 is 2.41 bits per heavy atom. The van der Waals surface area contributed by atoms with E-state index in [2.05, 4.69) is 10.6 Å². The van der Waals surface area contributed by atoms with Crippen LogP contribution in [0, 0.1) is 5.92 Å². The Bertz CT molecular complexity index is 1080. The van der Waals surface area contributed by atoms with Gasteiger partial charge in [0.15, 0.2) is 0 Å². The number of hydrogen-bond donors (Lipinski definition) is 2. The summed E-state index contributed by atoms with van der Waals surface area (Å²) < 4.78 is 16.8. The fraction of sp³-hybridized carbons (Fsp3) is 0.444. The number of likely N-dealkylation sites (N-methyl/N-ethyl adjacent to an activating group) is 1. The quantitative estimate of drug-likeness (QED) is 0.636. The molecule has 200 valence electrons. The molecule has 0 saturated carbocycles. The van der Waals surface area contributed by atoms with Gasteiger partial charge in [-0.3, -0.25) is 9.59 Å². The smallest absolute Gasteiger partial charge is 0.323 e. The van der Waals surface area contributed by atoms with Crippen molar-refractivity contribution >= 4 is 29.2 Å². The van der Waals surface area contributed by atoms with Crippen LogP contribution in [0.25, 0.3) is 0 Å². The van der Waals surface area contributed by atoms with E-state index in [4.69, 9.17) is 14.2 Å². The monoisotopic (exact) mass is 512 g/mol. The lowest BCUT2D eigenvalue weighted by molar-refractivity contribution is -0.139. The van der Waals surface area contributed by atoms with Crippen molar-refractivity contribution in [2.75, 3.05) is 58.2 Å². The number of hydrogen-bond acceptors (Lipinski definition) is 6. The number of nitrogens with zero attached hydrogens (tertiary/aromatic N) is 2. The molecule has 2 aromatic carbocycles. The van der Waals surface area contributed by atoms with Crippen molar-refractivity contribution < 1.29 is 28.6 Å². The highest BCUT2D eigenvalue weighted by atomic mass is 16.5. The Kier molecular flexibility index (Phi) is 9.87. The van der Waals surface area contributed by atoms with Crippen LogP contribution < -0.4 is 15.4 Å². The lowest BCUT2D eigenvalue weighted by Crippen LogP contribution is -2.49. The van der Waals surface area contributed by atoms with Gasteiger partial charge in [0.25, 0.3) is 5.91 Å². The third kappa shape index (κ3) is 7.43. The van der Waals surface area contributed by atoms with Gasteiger partial charge in [0.2, 0.25) is 5.91 Å². The highest BCUT2D eigenvalue weighted by molar-refractivity contribution is 6.02. The first-order valence-corrected chi connectivity index (χ1v) is 12.2. The number of carbonyl (C=O) groups is 3. The lowest BCUT2D eigenvalue weighted by Gasteiger charge is -2.36. The molecule has 0 radical (unpaired) electrons. The summed E-state index contributed by atoms with van der Waals surface area (Å²) in [5.41, 5.74) is 1.38. The van der Waals surface area contributed by atoms with Crippen LogP contribution in [0.2, 0.25) is 0 Å². The summed E-state index contributed by atoms with van der Waals surface area (Å²) in [6, 6.07) is 13.2. The second-order valence-electron chi connectivity index (χ2n) is 9.23. The molecule has 2 aromatic rings. The van der Waals surface area contributed by atoms with Gasteiger partial charge in [0.05, 0.1) is 17.7 Å². The summed E-state index contributed by atoms with van der Waals surface area (Å²) in [5.74, 6) is -0.112. The minimum absolute atomic E-state index is 0.0379. The first kappa shape index (κ1) is 27.9. The predicted octanol–water partition coefficient (Wildman–Crippen LogP) is 3.31. The summed E-state index contributed by atoms with van der Waals surface area (Å²) in [7, 11) is 4.77. The number of para-hydroxylation sites is 1. The Hall–Kier alpha value is -3.63. The molecule has 10 nitrogen and oxygen atoms in total. The van der Waals surface area contributed by atoms with Gasteiger partial charge in [-0.1, -0.05) is 25.1 Å². The van der Waals surface area contributed by atoms with Crippen molar-refractivity contribution in [3.8, 4) is 5.75 Å². The van der Waals surface area contributed by atoms with Gasteiger partial charge in [0.1, 0.15) is 19.0 Å². The number of benzene rings is 2. The summed E-state index contributed by atoms with van der Waals surface area (Å²) >= 11 is 0. The van der Waals surface area contributed by atoms with Gasteiger partial charge >= 0.3 is 6.03 Å². The summed E-state index contributed by atoms with van der Waals surface area (Å²) in [6.07, 6.45) is -0.305. The number of methoxy groups -OCH3 is 2. The van der Waals surface area contributed by atoms with Crippen LogP contribution in [-0.2, 0) is 14.3 Å². The number of carbonyl (C=O) groups excluding carboxylic acids is 3. The number of amides is 4. The third-order valence-electron chi connectivity index (χ3n) is 6.32. The summed E-state index contributed by atoms with van der Waals surface area (Å²) in [6.45, 7) is 4.75. The van der Waals surface area contributed by atoms with E-state index in [1.54, 1.807) is 54.3 Å². The van der Waals surface area contributed by atoms with Gasteiger partial charge in [-0.15, -0.1) is 0 Å². The maximum atomic E-state index is 13.5. The van der Waals surface area contributed by atoms with E-state index in [1.165, 1.54) is 7.11 Å². The number of urea groups is 1. The SMILES string of the molecule is COCC(=O)N1C[C@@H](C)[C@@H](OC)CN(C)C(=O)c2cc(NC(=O)Nc3ccccc3)ccc2OC[C@@H]1C. The number of ether oxygens (including phenoxy) is 3. The van der Waals surface area contributed by atoms with Crippen molar-refractivity contribution in [2.24, 2.45) is 5.92 Å². The molecule has 1 aliphatic rings. The Balaban J connectivity index is 1.88. The van der Waals surface area contributed by atoms with Gasteiger partial charge in [-0.2, -0.15) is 0 Å². The van der Waals surface area contributed by atoms with Crippen LogP contribution in [0.5, 0.6) is 5.75 Å². The molecule has 3 atom stereocenters. The highest BCUT2D eigenvalue weighted by Gasteiger charge is 2.30. The minimum Gasteiger partial charge on any atom is -0.491 e. The molecule has 3 rings (SSSR count). The van der Waals surface area contributed by atoms with E-state index in [9.17, 15) is 14.4 Å². The molecule has 4 amide bonds. The topological polar surface area (TPSA) is 109 Å². The summed E-state index contributed by atoms with van der Waals surface area (Å²) in [5, 5.41) is 5.52. The van der Waals surface area contributed by atoms with Gasteiger partial charge in [-0.05, 0) is 37.3 Å². The maximum Gasteiger partial charge on any atom is 0.323 e. The second-order valence-corrected chi connectivity index (χ2v) is 9.23. The van der Waals surface area contributed by atoms with Gasteiger partial charge in [0, 0.05) is 51.6 Å². The van der Waals surface area contributed by atoms with Crippen molar-refractivity contribution in [2.45, 2.75) is 26.0 Å². The molecule has 0 fully saturated rings. The van der Waals surface area contributed by atoms with Gasteiger partial charge in [-0.25, -0.2) is 4.79 Å². The Labute approximate surface area is 217 Å². The normalized spacial score (nSPS) is 20.7. The number of fused-ring (bicyclic) bond motifs is 1. The first-order chi connectivity index (χ1) is 17.7. The predicted molar refractivity (Wildman–Crippen MR) is 141 cm³/mol. The molecule has 37 heavy (non-hydrogen) atoms. The zero-order valence-corrected chi connectivity index (χ0v) is 22.0. The average molecular weight is 513 g/mol. The Morgan fingerprint density at radius 2 is 1.73 bits per heavy atom. The minimum atomic E-state index is -0.435. The van der Waals surface area contributed by atoms with E-state index in [0.717, 1.165) is 0 Å². The number of rotatable bonds is 5. The molecule has 0 saturated heterocycles. The van der Waals surface area contributed by atoms with Crippen LogP contribution >= 0.6 is 0 Å². The van der Waals surface area contributed by atoms with Gasteiger partial charge < -0.3 is 34.6 Å². The molecule has 0 aromatic heterocycles. The van der Waals surface area contributed by atoms with E-state index >= 15 is 0 Å². The zero-order valence-electron chi connectivity index (χ0n) is 22.0. The fourth-order valence-corrected chi connectivity index (χ4v) is 4.22. The molecule has 0 bridgehead atoms. The molecule has 0 spiro atoms. The second kappa shape index (κ2) is 13.1. The maximum absolute atomic E-state index is 13.5. The van der Waals surface area contributed by atoms with Crippen LogP contribution in [-0.4, -0.2) is 87.4 Å². The van der Waals surface area contributed by atoms with E-state index < -0.39 is 6.03 Å². The number of nitrogens with one attached hydrogen (secondary N) is 2. The van der Waals surface area contributed by atoms with E-state index in [-0.39, 0.29) is 43.1 Å². The molecular formula is C27H36N4O6. The largest absolute Gasteiger partial charge is 0.491 e. The van der Waals surface area contributed by atoms with Crippen LogP contribution in [0.15, 0.2) is 48.5 Å². The first-order valence-electron chi connectivity index (χ1n) is 12.2. The molecule has 1 aliphatic heterocycles. The summed E-state index contributed by atoms with van der Waals surface area (Å²) in [4.78, 5) is 42.1. The molecule has 10 heteroatoms. The van der Waals surface area contributed by atoms with Crippen molar-refractivity contribution in [1.82, 2.24) is 9.80 Å². The molecule has 0 unspecified atom stereocenters.